The highest BCUT2D eigenvalue weighted by Gasteiger charge is 2.28. The molecule has 0 amide bonds. The minimum atomic E-state index is -3.35. The Kier molecular flexibility index (Phi) is 9.11. The van der Waals surface area contributed by atoms with Crippen LogP contribution >= 0.6 is 11.3 Å². The van der Waals surface area contributed by atoms with Gasteiger partial charge in [-0.25, -0.2) is 22.3 Å². The van der Waals surface area contributed by atoms with Gasteiger partial charge in [0.25, 0.3) is 0 Å². The third-order valence-corrected chi connectivity index (χ3v) is 8.39. The summed E-state index contributed by atoms with van der Waals surface area (Å²) in [5.41, 5.74) is 1.59. The van der Waals surface area contributed by atoms with Crippen LogP contribution in [0.2, 0.25) is 0 Å². The van der Waals surface area contributed by atoms with E-state index in [0.29, 0.717) is 30.8 Å². The number of aliphatic carboxylic acids is 1. The van der Waals surface area contributed by atoms with Crippen LogP contribution in [0.1, 0.15) is 36.4 Å². The molecular weight excluding hydrogens is 496 g/mol. The summed E-state index contributed by atoms with van der Waals surface area (Å²) in [6, 6.07) is 9.06. The molecule has 3 rings (SSSR count). The normalized spacial score (nSPS) is 15.3. The van der Waals surface area contributed by atoms with Gasteiger partial charge in [0.2, 0.25) is 10.0 Å². The van der Waals surface area contributed by atoms with Gasteiger partial charge in [-0.05, 0) is 50.5 Å². The standard InChI is InChI=1S/C23H30N2O8S2/c1-15(2)32-10-11-35(30,31)25-8-6-17(7-9-25)24-18-5-3-4-16(12-18)20-13-19(33-14-21(26)27)22(34-20)23(28)29/h3-5,12-13,15,17,24H,6-11,14H2,1-2H3,(H,26,27)(H,28,29). The lowest BCUT2D eigenvalue weighted by Crippen LogP contribution is -2.43. The van der Waals surface area contributed by atoms with E-state index < -0.39 is 28.6 Å². The Hall–Kier alpha value is -2.67. The summed E-state index contributed by atoms with van der Waals surface area (Å²) < 4.78 is 37.1. The predicted octanol–water partition coefficient (Wildman–Crippen LogP) is 3.21. The number of anilines is 1. The number of aromatic carboxylic acids is 1. The molecule has 1 fully saturated rings. The highest BCUT2D eigenvalue weighted by Crippen LogP contribution is 2.37. The largest absolute Gasteiger partial charge is 0.480 e. The third-order valence-electron chi connectivity index (χ3n) is 5.40. The Morgan fingerprint density at radius 2 is 1.91 bits per heavy atom. The summed E-state index contributed by atoms with van der Waals surface area (Å²) >= 11 is 1.01. The summed E-state index contributed by atoms with van der Waals surface area (Å²) in [5.74, 6) is -2.38. The van der Waals surface area contributed by atoms with Crippen molar-refractivity contribution in [2.75, 3.05) is 37.4 Å². The molecule has 192 valence electrons. The maximum Gasteiger partial charge on any atom is 0.349 e. The zero-order valence-corrected chi connectivity index (χ0v) is 21.2. The number of hydrogen-bond acceptors (Lipinski definition) is 8. The van der Waals surface area contributed by atoms with Crippen molar-refractivity contribution in [1.29, 1.82) is 0 Å². The predicted molar refractivity (Wildman–Crippen MR) is 133 cm³/mol. The molecule has 1 saturated heterocycles. The van der Waals surface area contributed by atoms with Gasteiger partial charge in [-0.1, -0.05) is 12.1 Å². The number of ether oxygens (including phenoxy) is 2. The van der Waals surface area contributed by atoms with Gasteiger partial charge >= 0.3 is 11.9 Å². The topological polar surface area (TPSA) is 142 Å². The van der Waals surface area contributed by atoms with E-state index in [-0.39, 0.29) is 35.1 Å². The first-order valence-corrected chi connectivity index (χ1v) is 13.7. The fourth-order valence-corrected chi connectivity index (χ4v) is 5.98. The molecule has 0 unspecified atom stereocenters. The van der Waals surface area contributed by atoms with E-state index in [2.05, 4.69) is 5.32 Å². The van der Waals surface area contributed by atoms with Crippen molar-refractivity contribution in [2.45, 2.75) is 38.8 Å². The second-order valence-corrected chi connectivity index (χ2v) is 11.6. The Morgan fingerprint density at radius 3 is 2.54 bits per heavy atom. The summed E-state index contributed by atoms with van der Waals surface area (Å²) in [4.78, 5) is 22.9. The number of carbonyl (C=O) groups is 2. The third kappa shape index (κ3) is 7.66. The summed E-state index contributed by atoms with van der Waals surface area (Å²) in [6.45, 7) is 4.15. The molecular formula is C23H30N2O8S2. The molecule has 0 atom stereocenters. The van der Waals surface area contributed by atoms with E-state index in [1.807, 2.05) is 38.1 Å². The Balaban J connectivity index is 1.62. The van der Waals surface area contributed by atoms with Gasteiger partial charge in [-0.15, -0.1) is 11.3 Å². The van der Waals surface area contributed by atoms with Crippen molar-refractivity contribution >= 4 is 39.0 Å². The average molecular weight is 527 g/mol. The van der Waals surface area contributed by atoms with E-state index in [9.17, 15) is 23.1 Å². The van der Waals surface area contributed by atoms with E-state index in [1.165, 1.54) is 10.4 Å². The molecule has 0 bridgehead atoms. The van der Waals surface area contributed by atoms with E-state index in [0.717, 1.165) is 22.6 Å². The van der Waals surface area contributed by atoms with Crippen LogP contribution in [-0.4, -0.2) is 79.1 Å². The second kappa shape index (κ2) is 11.8. The second-order valence-electron chi connectivity index (χ2n) is 8.43. The van der Waals surface area contributed by atoms with E-state index >= 15 is 0 Å². The van der Waals surface area contributed by atoms with Gasteiger partial charge in [0.1, 0.15) is 5.75 Å². The maximum absolute atomic E-state index is 12.5. The van der Waals surface area contributed by atoms with Crippen molar-refractivity contribution in [3.8, 4) is 16.2 Å². The lowest BCUT2D eigenvalue weighted by atomic mass is 10.1. The minimum absolute atomic E-state index is 0.00958. The van der Waals surface area contributed by atoms with Crippen LogP contribution in [0.3, 0.4) is 0 Å². The fraction of sp³-hybridized carbons (Fsp3) is 0.478. The Labute approximate surface area is 208 Å². The van der Waals surface area contributed by atoms with Gasteiger partial charge < -0.3 is 25.0 Å². The molecule has 0 aliphatic carbocycles. The number of hydrogen-bond donors (Lipinski definition) is 3. The molecule has 35 heavy (non-hydrogen) atoms. The molecule has 10 nitrogen and oxygen atoms in total. The molecule has 1 aliphatic heterocycles. The number of sulfonamides is 1. The molecule has 2 aromatic rings. The summed E-state index contributed by atoms with van der Waals surface area (Å²) in [5, 5.41) is 21.7. The van der Waals surface area contributed by atoms with Gasteiger partial charge in [0.05, 0.1) is 18.5 Å². The van der Waals surface area contributed by atoms with Gasteiger partial charge in [0, 0.05) is 29.7 Å². The zero-order valence-electron chi connectivity index (χ0n) is 19.6. The molecule has 12 heteroatoms. The molecule has 1 aliphatic rings. The summed E-state index contributed by atoms with van der Waals surface area (Å²) in [7, 11) is -3.35. The van der Waals surface area contributed by atoms with Crippen LogP contribution in [0, 0.1) is 0 Å². The Bertz CT molecular complexity index is 1140. The molecule has 0 radical (unpaired) electrons. The number of carboxylic acids is 2. The van der Waals surface area contributed by atoms with Crippen molar-refractivity contribution in [3.05, 3.63) is 35.2 Å². The van der Waals surface area contributed by atoms with E-state index in [1.54, 1.807) is 0 Å². The molecule has 3 N–H and O–H groups in total. The first-order valence-electron chi connectivity index (χ1n) is 11.2. The number of thiophene rings is 1. The Morgan fingerprint density at radius 1 is 1.20 bits per heavy atom. The lowest BCUT2D eigenvalue weighted by molar-refractivity contribution is -0.139. The molecule has 2 heterocycles. The molecule has 1 aromatic carbocycles. The highest BCUT2D eigenvalue weighted by atomic mass is 32.2. The van der Waals surface area contributed by atoms with Gasteiger partial charge in [0.15, 0.2) is 11.5 Å². The van der Waals surface area contributed by atoms with Crippen molar-refractivity contribution in [3.63, 3.8) is 0 Å². The minimum Gasteiger partial charge on any atom is -0.480 e. The maximum atomic E-state index is 12.5. The van der Waals surface area contributed by atoms with Crippen LogP contribution in [-0.2, 0) is 19.6 Å². The summed E-state index contributed by atoms with van der Waals surface area (Å²) in [6.07, 6.45) is 1.30. The SMILES string of the molecule is CC(C)OCCS(=O)(=O)N1CCC(Nc2cccc(-c3cc(OCC(=O)O)c(C(=O)O)s3)c2)CC1. The first kappa shape index (κ1) is 26.9. The highest BCUT2D eigenvalue weighted by molar-refractivity contribution is 7.89. The van der Waals surface area contributed by atoms with Crippen molar-refractivity contribution < 1.29 is 37.7 Å². The van der Waals surface area contributed by atoms with Gasteiger partial charge in [-0.3, -0.25) is 0 Å². The van der Waals surface area contributed by atoms with Crippen LogP contribution in [0.5, 0.6) is 5.75 Å². The monoisotopic (exact) mass is 526 g/mol. The molecule has 0 saturated carbocycles. The smallest absolute Gasteiger partial charge is 0.349 e. The number of benzene rings is 1. The van der Waals surface area contributed by atoms with Crippen molar-refractivity contribution in [2.24, 2.45) is 0 Å². The van der Waals surface area contributed by atoms with Gasteiger partial charge in [-0.2, -0.15) is 0 Å². The number of nitrogens with zero attached hydrogens (tertiary/aromatic N) is 1. The lowest BCUT2D eigenvalue weighted by Gasteiger charge is -2.32. The van der Waals surface area contributed by atoms with Crippen LogP contribution in [0.15, 0.2) is 30.3 Å². The number of carboxylic acid groups (broad SMARTS) is 2. The number of nitrogens with one attached hydrogen (secondary N) is 1. The van der Waals surface area contributed by atoms with Crippen LogP contribution < -0.4 is 10.1 Å². The van der Waals surface area contributed by atoms with Crippen molar-refractivity contribution in [1.82, 2.24) is 4.31 Å². The van der Waals surface area contributed by atoms with E-state index in [4.69, 9.17) is 14.6 Å². The first-order chi connectivity index (χ1) is 16.5. The zero-order chi connectivity index (χ0) is 25.6. The average Bonchev–Trinajstić information content (AvgIpc) is 3.23. The fourth-order valence-electron chi connectivity index (χ4n) is 3.71. The van der Waals surface area contributed by atoms with Crippen LogP contribution in [0.25, 0.3) is 10.4 Å². The number of piperidine rings is 1. The molecule has 1 aromatic heterocycles. The molecule has 0 spiro atoms. The quantitative estimate of drug-likeness (QED) is 0.380. The number of rotatable bonds is 12. The van der Waals surface area contributed by atoms with Crippen LogP contribution in [0.4, 0.5) is 5.69 Å².